The molecular formula is C27H27F4N3O7. The highest BCUT2D eigenvalue weighted by Crippen LogP contribution is 2.45. The van der Waals surface area contributed by atoms with Gasteiger partial charge in [0.05, 0.1) is 18.9 Å². The number of likely N-dealkylation sites (tertiary alicyclic amines) is 1. The molecule has 2 heterocycles. The molecule has 4 atom stereocenters. The molecule has 0 aromatic heterocycles. The molecular weight excluding hydrogens is 554 g/mol. The number of carbonyl (C=O) groups is 5. The van der Waals surface area contributed by atoms with E-state index in [0.29, 0.717) is 0 Å². The number of methoxy groups -OCH3 is 1. The van der Waals surface area contributed by atoms with Gasteiger partial charge in [-0.1, -0.05) is 30.3 Å². The molecule has 0 radical (unpaired) electrons. The topological polar surface area (TPSA) is 133 Å². The Kier molecular flexibility index (Phi) is 9.16. The summed E-state index contributed by atoms with van der Waals surface area (Å²) in [5.74, 6) is -6.91. The molecule has 2 aliphatic rings. The van der Waals surface area contributed by atoms with E-state index < -0.39 is 59.2 Å². The van der Waals surface area contributed by atoms with Crippen molar-refractivity contribution in [2.75, 3.05) is 27.7 Å². The third-order valence-corrected chi connectivity index (χ3v) is 7.01. The summed E-state index contributed by atoms with van der Waals surface area (Å²) in [6.45, 7) is 0.0533. The van der Waals surface area contributed by atoms with Gasteiger partial charge in [0.1, 0.15) is 11.4 Å². The van der Waals surface area contributed by atoms with Crippen molar-refractivity contribution < 1.29 is 51.4 Å². The Balaban J connectivity index is 0.000000587. The minimum Gasteiger partial charge on any atom is -0.475 e. The number of imide groups is 1. The lowest BCUT2D eigenvalue weighted by molar-refractivity contribution is -0.192. The highest BCUT2D eigenvalue weighted by atomic mass is 19.4. The van der Waals surface area contributed by atoms with Gasteiger partial charge < -0.3 is 14.7 Å². The molecule has 4 rings (SSSR count). The summed E-state index contributed by atoms with van der Waals surface area (Å²) in [4.78, 5) is 63.7. The predicted molar refractivity (Wildman–Crippen MR) is 134 cm³/mol. The molecule has 10 nitrogen and oxygen atoms in total. The van der Waals surface area contributed by atoms with E-state index in [9.17, 15) is 36.7 Å². The minimum atomic E-state index is -5.08. The number of fused-ring (bicyclic) bond motifs is 1. The van der Waals surface area contributed by atoms with Crippen molar-refractivity contribution in [1.29, 1.82) is 0 Å². The Labute approximate surface area is 231 Å². The quantitative estimate of drug-likeness (QED) is 0.300. The fourth-order valence-electron chi connectivity index (χ4n) is 5.14. The van der Waals surface area contributed by atoms with Gasteiger partial charge in [-0.25, -0.2) is 9.18 Å². The normalized spacial score (nSPS) is 23.4. The number of esters is 1. The number of aliphatic carboxylic acids is 1. The van der Waals surface area contributed by atoms with Crippen LogP contribution in [0.5, 0.6) is 0 Å². The molecule has 2 saturated heterocycles. The third-order valence-electron chi connectivity index (χ3n) is 7.01. The zero-order chi connectivity index (χ0) is 30.7. The fraction of sp³-hybridized carbons (Fsp3) is 0.370. The number of amides is 3. The lowest BCUT2D eigenvalue weighted by Crippen LogP contribution is -2.59. The minimum absolute atomic E-state index is 0.0533. The monoisotopic (exact) mass is 581 g/mol. The van der Waals surface area contributed by atoms with Crippen molar-refractivity contribution >= 4 is 29.7 Å². The Bertz CT molecular complexity index is 1320. The predicted octanol–water partition coefficient (Wildman–Crippen LogP) is 1.89. The summed E-state index contributed by atoms with van der Waals surface area (Å²) >= 11 is 0. The maximum absolute atomic E-state index is 13.3. The summed E-state index contributed by atoms with van der Waals surface area (Å²) in [5.41, 5.74) is -0.388. The smallest absolute Gasteiger partial charge is 0.475 e. The first-order chi connectivity index (χ1) is 19.1. The molecule has 14 heteroatoms. The average molecular weight is 582 g/mol. The van der Waals surface area contributed by atoms with Gasteiger partial charge in [-0.05, 0) is 29.8 Å². The highest BCUT2D eigenvalue weighted by Gasteiger charge is 2.68. The number of nitrogens with zero attached hydrogens (tertiary/aromatic N) is 2. The SMILES string of the molecule is COC(=O)[C@]1(Cc2ccccc2)N[C@H](CN(C)C(=O)c2ccc(F)cc2)[C@@H]2C(=O)N(C)C(=O)[C@@H]21.O=C(O)C(F)(F)F. The molecule has 2 fully saturated rings. The molecule has 3 amide bonds. The second-order valence-corrected chi connectivity index (χ2v) is 9.61. The second-order valence-electron chi connectivity index (χ2n) is 9.61. The van der Waals surface area contributed by atoms with Crippen LogP contribution in [0.1, 0.15) is 15.9 Å². The number of carboxylic acids is 1. The van der Waals surface area contributed by atoms with Crippen molar-refractivity contribution in [2.24, 2.45) is 11.8 Å². The molecule has 0 aliphatic carbocycles. The van der Waals surface area contributed by atoms with E-state index in [2.05, 4.69) is 5.32 Å². The van der Waals surface area contributed by atoms with E-state index in [1.807, 2.05) is 30.3 Å². The molecule has 0 bridgehead atoms. The number of benzene rings is 2. The van der Waals surface area contributed by atoms with Crippen molar-refractivity contribution in [3.05, 3.63) is 71.5 Å². The van der Waals surface area contributed by atoms with Crippen molar-refractivity contribution in [3.8, 4) is 0 Å². The third kappa shape index (κ3) is 6.37. The maximum atomic E-state index is 13.3. The largest absolute Gasteiger partial charge is 0.490 e. The van der Waals surface area contributed by atoms with Gasteiger partial charge in [-0.2, -0.15) is 13.2 Å². The van der Waals surface area contributed by atoms with Crippen LogP contribution >= 0.6 is 0 Å². The van der Waals surface area contributed by atoms with Crippen LogP contribution in [0.15, 0.2) is 54.6 Å². The number of halogens is 4. The Hall–Kier alpha value is -4.33. The van der Waals surface area contributed by atoms with Gasteiger partial charge >= 0.3 is 18.1 Å². The lowest BCUT2D eigenvalue weighted by Gasteiger charge is -2.32. The summed E-state index contributed by atoms with van der Waals surface area (Å²) in [7, 11) is 4.20. The van der Waals surface area contributed by atoms with Crippen LogP contribution in [0, 0.1) is 17.7 Å². The number of rotatable bonds is 6. The van der Waals surface area contributed by atoms with Crippen molar-refractivity contribution in [2.45, 2.75) is 24.2 Å². The summed E-state index contributed by atoms with van der Waals surface area (Å²) in [6.07, 6.45) is -4.94. The maximum Gasteiger partial charge on any atom is 0.490 e. The van der Waals surface area contributed by atoms with Crippen molar-refractivity contribution in [3.63, 3.8) is 0 Å². The van der Waals surface area contributed by atoms with Gasteiger partial charge in [0, 0.05) is 38.7 Å². The lowest BCUT2D eigenvalue weighted by atomic mass is 9.76. The van der Waals surface area contributed by atoms with E-state index >= 15 is 0 Å². The first-order valence-electron chi connectivity index (χ1n) is 12.2. The van der Waals surface area contributed by atoms with Gasteiger partial charge in [-0.3, -0.25) is 29.4 Å². The molecule has 0 unspecified atom stereocenters. The van der Waals surface area contributed by atoms with Crippen LogP contribution < -0.4 is 5.32 Å². The van der Waals surface area contributed by atoms with Gasteiger partial charge in [0.15, 0.2) is 0 Å². The highest BCUT2D eigenvalue weighted by molar-refractivity contribution is 6.09. The molecule has 2 aromatic carbocycles. The number of hydrogen-bond acceptors (Lipinski definition) is 7. The zero-order valence-electron chi connectivity index (χ0n) is 22.1. The number of carboxylic acid groups (broad SMARTS) is 1. The standard InChI is InChI=1S/C25H26FN3O5.C2HF3O2/c1-28(21(30)16-9-11-17(26)12-10-16)14-18-19-20(23(32)29(2)22(19)31)25(27-18,24(33)34-3)13-15-7-5-4-6-8-15;3-2(4,5)1(6)7/h4-12,18-20,27H,13-14H2,1-3H3;(H,6,7)/t18-,19+,20-,25-;/m1./s1. The molecule has 0 spiro atoms. The number of nitrogens with one attached hydrogen (secondary N) is 1. The number of likely N-dealkylation sites (N-methyl/N-ethyl adjacent to an activating group) is 1. The van der Waals surface area contributed by atoms with Gasteiger partial charge in [0.2, 0.25) is 11.8 Å². The molecule has 2 aromatic rings. The van der Waals surface area contributed by atoms with E-state index in [1.165, 1.54) is 43.3 Å². The number of hydrogen-bond donors (Lipinski definition) is 2. The van der Waals surface area contributed by atoms with E-state index in [-0.39, 0.29) is 24.4 Å². The van der Waals surface area contributed by atoms with Crippen LogP contribution in [0.25, 0.3) is 0 Å². The Morgan fingerprint density at radius 3 is 2.12 bits per heavy atom. The van der Waals surface area contributed by atoms with Crippen LogP contribution in [0.2, 0.25) is 0 Å². The molecule has 41 heavy (non-hydrogen) atoms. The number of carbonyl (C=O) groups excluding carboxylic acids is 4. The van der Waals surface area contributed by atoms with E-state index in [4.69, 9.17) is 14.6 Å². The molecule has 0 saturated carbocycles. The fourth-order valence-corrected chi connectivity index (χ4v) is 5.14. The summed E-state index contributed by atoms with van der Waals surface area (Å²) in [5, 5.41) is 10.4. The number of ether oxygens (including phenoxy) is 1. The van der Waals surface area contributed by atoms with Gasteiger partial charge in [0.25, 0.3) is 5.91 Å². The van der Waals surface area contributed by atoms with E-state index in [0.717, 1.165) is 10.5 Å². The molecule has 220 valence electrons. The van der Waals surface area contributed by atoms with Crippen LogP contribution in [-0.2, 0) is 30.3 Å². The van der Waals surface area contributed by atoms with Crippen LogP contribution in [-0.4, -0.2) is 90.1 Å². The molecule has 2 aliphatic heterocycles. The van der Waals surface area contributed by atoms with Crippen molar-refractivity contribution in [1.82, 2.24) is 15.1 Å². The van der Waals surface area contributed by atoms with Crippen LogP contribution in [0.4, 0.5) is 17.6 Å². The first kappa shape index (κ1) is 31.2. The summed E-state index contributed by atoms with van der Waals surface area (Å²) < 4.78 is 50.1. The summed E-state index contributed by atoms with van der Waals surface area (Å²) in [6, 6.07) is 13.6. The van der Waals surface area contributed by atoms with E-state index in [1.54, 1.807) is 7.05 Å². The van der Waals surface area contributed by atoms with Crippen LogP contribution in [0.3, 0.4) is 0 Å². The van der Waals surface area contributed by atoms with Gasteiger partial charge in [-0.15, -0.1) is 0 Å². The Morgan fingerprint density at radius 2 is 1.61 bits per heavy atom. The Morgan fingerprint density at radius 1 is 1.05 bits per heavy atom. The second kappa shape index (κ2) is 12.0. The molecule has 2 N–H and O–H groups in total. The average Bonchev–Trinajstić information content (AvgIpc) is 3.37. The number of alkyl halides is 3. The zero-order valence-corrected chi connectivity index (χ0v) is 22.1. The first-order valence-corrected chi connectivity index (χ1v) is 12.2.